The minimum Gasteiger partial charge on any atom is -0.378 e. The summed E-state index contributed by atoms with van der Waals surface area (Å²) in [5.74, 6) is 0.592. The molecule has 0 spiro atoms. The van der Waals surface area contributed by atoms with Crippen molar-refractivity contribution in [2.45, 2.75) is 44.6 Å². The van der Waals surface area contributed by atoms with Gasteiger partial charge in [-0.3, -0.25) is 0 Å². The van der Waals surface area contributed by atoms with Gasteiger partial charge in [0.2, 0.25) is 0 Å². The van der Waals surface area contributed by atoms with Crippen molar-refractivity contribution in [3.8, 4) is 0 Å². The monoisotopic (exact) mass is 247 g/mol. The van der Waals surface area contributed by atoms with E-state index in [1.165, 1.54) is 31.2 Å². The molecule has 1 aliphatic rings. The maximum absolute atomic E-state index is 5.62. The summed E-state index contributed by atoms with van der Waals surface area (Å²) < 4.78 is 5.62. The van der Waals surface area contributed by atoms with Crippen LogP contribution in [0.25, 0.3) is 0 Å². The van der Waals surface area contributed by atoms with Gasteiger partial charge < -0.3 is 10.1 Å². The molecule has 0 aromatic heterocycles. The van der Waals surface area contributed by atoms with Gasteiger partial charge in [-0.05, 0) is 43.7 Å². The first-order chi connectivity index (χ1) is 8.86. The number of ether oxygens (including phenoxy) is 1. The van der Waals surface area contributed by atoms with Crippen LogP contribution in [0.15, 0.2) is 30.3 Å². The summed E-state index contributed by atoms with van der Waals surface area (Å²) in [6.07, 6.45) is 5.50. The maximum atomic E-state index is 5.62. The standard InChI is InChI=1S/C16H25NO/c1-14(15-7-3-2-4-8-15)13-17-11-5-9-16-10-6-12-18-16/h2-4,7-8,14,16-17H,5-6,9-13H2,1H3. The smallest absolute Gasteiger partial charge is 0.0576 e. The second kappa shape index (κ2) is 7.55. The van der Waals surface area contributed by atoms with E-state index < -0.39 is 0 Å². The van der Waals surface area contributed by atoms with E-state index in [1.54, 1.807) is 0 Å². The Morgan fingerprint density at radius 3 is 2.89 bits per heavy atom. The molecule has 0 bridgehead atoms. The minimum atomic E-state index is 0.540. The predicted molar refractivity (Wildman–Crippen MR) is 75.9 cm³/mol. The third-order valence-electron chi connectivity index (χ3n) is 3.72. The van der Waals surface area contributed by atoms with Crippen molar-refractivity contribution >= 4 is 0 Å². The zero-order chi connectivity index (χ0) is 12.6. The van der Waals surface area contributed by atoms with E-state index in [4.69, 9.17) is 4.74 Å². The van der Waals surface area contributed by atoms with Crippen molar-refractivity contribution < 1.29 is 4.74 Å². The summed E-state index contributed by atoms with van der Waals surface area (Å²) in [6, 6.07) is 10.7. The highest BCUT2D eigenvalue weighted by Crippen LogP contribution is 2.16. The summed E-state index contributed by atoms with van der Waals surface area (Å²) in [6.45, 7) is 5.43. The predicted octanol–water partition coefficient (Wildman–Crippen LogP) is 3.34. The summed E-state index contributed by atoms with van der Waals surface area (Å²) in [7, 11) is 0. The molecule has 2 nitrogen and oxygen atoms in total. The second-order valence-corrected chi connectivity index (χ2v) is 5.29. The number of benzene rings is 1. The van der Waals surface area contributed by atoms with Crippen LogP contribution in [-0.4, -0.2) is 25.8 Å². The van der Waals surface area contributed by atoms with Gasteiger partial charge in [-0.2, -0.15) is 0 Å². The molecule has 100 valence electrons. The van der Waals surface area contributed by atoms with E-state index in [1.807, 2.05) is 0 Å². The van der Waals surface area contributed by atoms with Crippen molar-refractivity contribution in [3.05, 3.63) is 35.9 Å². The molecule has 1 saturated heterocycles. The first-order valence-electron chi connectivity index (χ1n) is 7.23. The van der Waals surface area contributed by atoms with Gasteiger partial charge in [0, 0.05) is 13.2 Å². The van der Waals surface area contributed by atoms with Crippen LogP contribution in [-0.2, 0) is 4.74 Å². The van der Waals surface area contributed by atoms with Gasteiger partial charge in [0.1, 0.15) is 0 Å². The van der Waals surface area contributed by atoms with Crippen LogP contribution >= 0.6 is 0 Å². The summed E-state index contributed by atoms with van der Waals surface area (Å²) >= 11 is 0. The lowest BCUT2D eigenvalue weighted by molar-refractivity contribution is 0.102. The molecular formula is C16H25NO. The Morgan fingerprint density at radius 2 is 2.17 bits per heavy atom. The van der Waals surface area contributed by atoms with Gasteiger partial charge in [0.05, 0.1) is 6.10 Å². The molecule has 18 heavy (non-hydrogen) atoms. The number of rotatable bonds is 7. The van der Waals surface area contributed by atoms with E-state index in [-0.39, 0.29) is 0 Å². The third-order valence-corrected chi connectivity index (χ3v) is 3.72. The van der Waals surface area contributed by atoms with Gasteiger partial charge in [0.25, 0.3) is 0 Å². The molecule has 0 radical (unpaired) electrons. The fourth-order valence-electron chi connectivity index (χ4n) is 2.54. The Bertz CT molecular complexity index is 319. The lowest BCUT2D eigenvalue weighted by Crippen LogP contribution is -2.22. The largest absolute Gasteiger partial charge is 0.378 e. The summed E-state index contributed by atoms with van der Waals surface area (Å²) in [5.41, 5.74) is 1.42. The van der Waals surface area contributed by atoms with E-state index in [0.717, 1.165) is 19.7 Å². The third kappa shape index (κ3) is 4.43. The molecule has 1 aromatic carbocycles. The molecule has 1 fully saturated rings. The number of hydrogen-bond donors (Lipinski definition) is 1. The lowest BCUT2D eigenvalue weighted by Gasteiger charge is -2.14. The fourth-order valence-corrected chi connectivity index (χ4v) is 2.54. The molecule has 1 heterocycles. The van der Waals surface area contributed by atoms with Crippen molar-refractivity contribution in [2.75, 3.05) is 19.7 Å². The first-order valence-corrected chi connectivity index (χ1v) is 7.23. The Balaban J connectivity index is 1.55. The van der Waals surface area contributed by atoms with E-state index in [2.05, 4.69) is 42.6 Å². The molecule has 2 atom stereocenters. The maximum Gasteiger partial charge on any atom is 0.0576 e. The Hall–Kier alpha value is -0.860. The lowest BCUT2D eigenvalue weighted by atomic mass is 10.0. The normalized spacial score (nSPS) is 21.1. The highest BCUT2D eigenvalue weighted by molar-refractivity contribution is 5.18. The van der Waals surface area contributed by atoms with Crippen molar-refractivity contribution in [2.24, 2.45) is 0 Å². The van der Waals surface area contributed by atoms with Gasteiger partial charge in [0.15, 0.2) is 0 Å². The molecule has 1 aliphatic heterocycles. The number of nitrogens with one attached hydrogen (secondary N) is 1. The molecule has 2 heteroatoms. The molecular weight excluding hydrogens is 222 g/mol. The first kappa shape index (κ1) is 13.6. The fraction of sp³-hybridized carbons (Fsp3) is 0.625. The van der Waals surface area contributed by atoms with Crippen LogP contribution in [0, 0.1) is 0 Å². The Labute approximate surface area is 111 Å². The molecule has 2 rings (SSSR count). The van der Waals surface area contributed by atoms with Crippen molar-refractivity contribution in [1.82, 2.24) is 5.32 Å². The highest BCUT2D eigenvalue weighted by Gasteiger charge is 2.14. The number of hydrogen-bond acceptors (Lipinski definition) is 2. The zero-order valence-corrected chi connectivity index (χ0v) is 11.4. The molecule has 2 unspecified atom stereocenters. The molecule has 0 aliphatic carbocycles. The summed E-state index contributed by atoms with van der Waals surface area (Å²) in [5, 5.41) is 3.55. The van der Waals surface area contributed by atoms with Crippen LogP contribution in [0.4, 0.5) is 0 Å². The molecule has 0 amide bonds. The molecule has 1 aromatic rings. The average molecular weight is 247 g/mol. The van der Waals surface area contributed by atoms with Crippen molar-refractivity contribution in [3.63, 3.8) is 0 Å². The second-order valence-electron chi connectivity index (χ2n) is 5.29. The van der Waals surface area contributed by atoms with Crippen LogP contribution < -0.4 is 5.32 Å². The minimum absolute atomic E-state index is 0.540. The molecule has 0 saturated carbocycles. The molecule has 1 N–H and O–H groups in total. The van der Waals surface area contributed by atoms with E-state index in [9.17, 15) is 0 Å². The Morgan fingerprint density at radius 1 is 1.33 bits per heavy atom. The summed E-state index contributed by atoms with van der Waals surface area (Å²) in [4.78, 5) is 0. The van der Waals surface area contributed by atoms with E-state index in [0.29, 0.717) is 12.0 Å². The van der Waals surface area contributed by atoms with Crippen molar-refractivity contribution in [1.29, 1.82) is 0 Å². The van der Waals surface area contributed by atoms with E-state index >= 15 is 0 Å². The van der Waals surface area contributed by atoms with Gasteiger partial charge in [-0.25, -0.2) is 0 Å². The highest BCUT2D eigenvalue weighted by atomic mass is 16.5. The van der Waals surface area contributed by atoms with Crippen LogP contribution in [0.3, 0.4) is 0 Å². The van der Waals surface area contributed by atoms with Gasteiger partial charge in [-0.15, -0.1) is 0 Å². The van der Waals surface area contributed by atoms with Crippen LogP contribution in [0.5, 0.6) is 0 Å². The van der Waals surface area contributed by atoms with Gasteiger partial charge in [-0.1, -0.05) is 37.3 Å². The van der Waals surface area contributed by atoms with Crippen LogP contribution in [0.2, 0.25) is 0 Å². The SMILES string of the molecule is CC(CNCCCC1CCCO1)c1ccccc1. The topological polar surface area (TPSA) is 21.3 Å². The quantitative estimate of drug-likeness (QED) is 0.746. The van der Waals surface area contributed by atoms with Crippen LogP contribution in [0.1, 0.15) is 44.1 Å². The Kier molecular flexibility index (Phi) is 5.69. The average Bonchev–Trinajstić information content (AvgIpc) is 2.92. The van der Waals surface area contributed by atoms with Gasteiger partial charge >= 0.3 is 0 Å². The zero-order valence-electron chi connectivity index (χ0n) is 11.4.